The lowest BCUT2D eigenvalue weighted by Crippen LogP contribution is -2.50. The van der Waals surface area contributed by atoms with Gasteiger partial charge in [-0.2, -0.15) is 0 Å². The van der Waals surface area contributed by atoms with Crippen LogP contribution in [-0.4, -0.2) is 41.5 Å². The highest BCUT2D eigenvalue weighted by atomic mass is 35.5. The van der Waals surface area contributed by atoms with Crippen molar-refractivity contribution in [2.75, 3.05) is 24.5 Å². The third kappa shape index (κ3) is 2.90. The van der Waals surface area contributed by atoms with Crippen molar-refractivity contribution in [1.29, 1.82) is 0 Å². The first kappa shape index (κ1) is 16.2. The van der Waals surface area contributed by atoms with Crippen molar-refractivity contribution in [3.63, 3.8) is 0 Å². The van der Waals surface area contributed by atoms with Gasteiger partial charge >= 0.3 is 0 Å². The number of carbonyl (C=O) groups excluding carboxylic acids is 1. The zero-order chi connectivity index (χ0) is 16.6. The minimum atomic E-state index is -0.184. The molecule has 0 radical (unpaired) electrons. The molecule has 1 atom stereocenters. The van der Waals surface area contributed by atoms with Crippen LogP contribution in [0.5, 0.6) is 0 Å². The summed E-state index contributed by atoms with van der Waals surface area (Å²) in [5.74, 6) is 1.36. The van der Waals surface area contributed by atoms with Gasteiger partial charge in [-0.15, -0.1) is 0 Å². The van der Waals surface area contributed by atoms with Crippen molar-refractivity contribution < 1.29 is 4.79 Å². The number of likely N-dealkylation sites (tertiary alicyclic amines) is 1. The summed E-state index contributed by atoms with van der Waals surface area (Å²) in [6.07, 6.45) is 11.1. The number of nitrogens with zero attached hydrogens (tertiary/aromatic N) is 3. The highest BCUT2D eigenvalue weighted by molar-refractivity contribution is 6.30. The molecule has 4 rings (SSSR count). The van der Waals surface area contributed by atoms with Gasteiger partial charge in [0.15, 0.2) is 0 Å². The van der Waals surface area contributed by atoms with Crippen LogP contribution in [0.15, 0.2) is 18.3 Å². The largest absolute Gasteiger partial charge is 0.356 e. The van der Waals surface area contributed by atoms with Gasteiger partial charge in [-0.3, -0.25) is 4.79 Å². The smallest absolute Gasteiger partial charge is 0.230 e. The topological polar surface area (TPSA) is 36.4 Å². The molecular weight excluding hydrogens is 322 g/mol. The van der Waals surface area contributed by atoms with Crippen molar-refractivity contribution in [3.05, 3.63) is 23.4 Å². The molecule has 3 aliphatic rings. The number of hydrogen-bond acceptors (Lipinski definition) is 3. The van der Waals surface area contributed by atoms with E-state index in [1.54, 1.807) is 6.20 Å². The molecule has 1 spiro atoms. The fraction of sp³-hybridized carbons (Fsp3) is 0.684. The van der Waals surface area contributed by atoms with E-state index < -0.39 is 0 Å². The van der Waals surface area contributed by atoms with E-state index in [-0.39, 0.29) is 5.41 Å². The van der Waals surface area contributed by atoms with Crippen LogP contribution in [0.4, 0.5) is 5.82 Å². The SMILES string of the molecule is O=C1N(C2CCCCC2)CCC12CCCN(c1ccc(Cl)cn1)C2. The first-order chi connectivity index (χ1) is 11.7. The molecule has 130 valence electrons. The number of amides is 1. The Labute approximate surface area is 149 Å². The van der Waals surface area contributed by atoms with Gasteiger partial charge in [0.05, 0.1) is 10.4 Å². The molecule has 24 heavy (non-hydrogen) atoms. The molecule has 3 fully saturated rings. The highest BCUT2D eigenvalue weighted by Gasteiger charge is 2.50. The fourth-order valence-corrected chi connectivity index (χ4v) is 4.96. The van der Waals surface area contributed by atoms with Crippen LogP contribution in [0.25, 0.3) is 0 Å². The second-order valence-corrected chi connectivity index (χ2v) is 8.12. The van der Waals surface area contributed by atoms with Gasteiger partial charge in [0.25, 0.3) is 0 Å². The molecule has 0 bridgehead atoms. The number of hydrogen-bond donors (Lipinski definition) is 0. The Balaban J connectivity index is 1.50. The van der Waals surface area contributed by atoms with E-state index in [9.17, 15) is 4.79 Å². The zero-order valence-electron chi connectivity index (χ0n) is 14.2. The van der Waals surface area contributed by atoms with E-state index >= 15 is 0 Å². The number of aromatic nitrogens is 1. The molecule has 2 aliphatic heterocycles. The Hall–Kier alpha value is -1.29. The second kappa shape index (κ2) is 6.55. The van der Waals surface area contributed by atoms with Gasteiger partial charge in [-0.25, -0.2) is 4.98 Å². The number of anilines is 1. The summed E-state index contributed by atoms with van der Waals surface area (Å²) >= 11 is 5.96. The summed E-state index contributed by atoms with van der Waals surface area (Å²) < 4.78 is 0. The summed E-state index contributed by atoms with van der Waals surface area (Å²) in [7, 11) is 0. The van der Waals surface area contributed by atoms with E-state index in [0.717, 1.165) is 44.7 Å². The van der Waals surface area contributed by atoms with Crippen LogP contribution in [0, 0.1) is 5.41 Å². The molecule has 3 heterocycles. The average molecular weight is 348 g/mol. The van der Waals surface area contributed by atoms with E-state index in [0.29, 0.717) is 17.0 Å². The Morgan fingerprint density at radius 2 is 1.92 bits per heavy atom. The van der Waals surface area contributed by atoms with Crippen LogP contribution in [0.2, 0.25) is 5.02 Å². The molecule has 1 aliphatic carbocycles. The first-order valence-electron chi connectivity index (χ1n) is 9.36. The van der Waals surface area contributed by atoms with E-state index in [1.165, 1.54) is 32.1 Å². The quantitative estimate of drug-likeness (QED) is 0.814. The van der Waals surface area contributed by atoms with Gasteiger partial charge < -0.3 is 9.80 Å². The molecule has 1 aromatic heterocycles. The molecule has 1 aromatic rings. The van der Waals surface area contributed by atoms with E-state index in [1.807, 2.05) is 12.1 Å². The summed E-state index contributed by atoms with van der Waals surface area (Å²) in [4.78, 5) is 22.2. The number of halogens is 1. The standard InChI is InChI=1S/C19H26ClN3O/c20-15-7-8-17(21-13-15)22-11-4-9-19(14-22)10-12-23(18(19)24)16-5-2-1-3-6-16/h7-8,13,16H,1-6,9-12,14H2. The third-order valence-corrected chi connectivity index (χ3v) is 6.40. The minimum absolute atomic E-state index is 0.184. The summed E-state index contributed by atoms with van der Waals surface area (Å²) in [6, 6.07) is 4.35. The average Bonchev–Trinajstić information content (AvgIpc) is 2.93. The predicted molar refractivity (Wildman–Crippen MR) is 96.3 cm³/mol. The lowest BCUT2D eigenvalue weighted by atomic mass is 9.78. The monoisotopic (exact) mass is 347 g/mol. The first-order valence-corrected chi connectivity index (χ1v) is 9.73. The minimum Gasteiger partial charge on any atom is -0.356 e. The summed E-state index contributed by atoms with van der Waals surface area (Å²) in [5, 5.41) is 0.658. The molecule has 2 saturated heterocycles. The van der Waals surface area contributed by atoms with Crippen LogP contribution in [0.3, 0.4) is 0 Å². The Kier molecular flexibility index (Phi) is 4.42. The lowest BCUT2D eigenvalue weighted by molar-refractivity contribution is -0.138. The third-order valence-electron chi connectivity index (χ3n) is 6.17. The van der Waals surface area contributed by atoms with Crippen LogP contribution >= 0.6 is 11.6 Å². The van der Waals surface area contributed by atoms with Crippen molar-refractivity contribution in [2.45, 2.75) is 57.4 Å². The zero-order valence-corrected chi connectivity index (χ0v) is 15.0. The lowest BCUT2D eigenvalue weighted by Gasteiger charge is -2.40. The highest BCUT2D eigenvalue weighted by Crippen LogP contribution is 2.43. The molecule has 0 N–H and O–H groups in total. The van der Waals surface area contributed by atoms with E-state index in [2.05, 4.69) is 14.8 Å². The maximum Gasteiger partial charge on any atom is 0.230 e. The molecule has 1 amide bonds. The van der Waals surface area contributed by atoms with Gasteiger partial charge in [-0.1, -0.05) is 30.9 Å². The number of carbonyl (C=O) groups is 1. The number of rotatable bonds is 2. The van der Waals surface area contributed by atoms with Crippen LogP contribution in [-0.2, 0) is 4.79 Å². The Morgan fingerprint density at radius 1 is 1.08 bits per heavy atom. The number of piperidine rings is 1. The van der Waals surface area contributed by atoms with Gasteiger partial charge in [0.2, 0.25) is 5.91 Å². The summed E-state index contributed by atoms with van der Waals surface area (Å²) in [5.41, 5.74) is -0.184. The predicted octanol–water partition coefficient (Wildman–Crippen LogP) is 3.89. The normalized spacial score (nSPS) is 28.8. The molecule has 4 nitrogen and oxygen atoms in total. The maximum absolute atomic E-state index is 13.3. The molecular formula is C19H26ClN3O. The van der Waals surface area contributed by atoms with Crippen molar-refractivity contribution in [3.8, 4) is 0 Å². The van der Waals surface area contributed by atoms with Crippen molar-refractivity contribution in [1.82, 2.24) is 9.88 Å². The van der Waals surface area contributed by atoms with Crippen LogP contribution < -0.4 is 4.90 Å². The van der Waals surface area contributed by atoms with Crippen LogP contribution in [0.1, 0.15) is 51.4 Å². The molecule has 1 unspecified atom stereocenters. The Bertz CT molecular complexity index is 599. The van der Waals surface area contributed by atoms with Crippen molar-refractivity contribution in [2.24, 2.45) is 5.41 Å². The van der Waals surface area contributed by atoms with Crippen molar-refractivity contribution >= 4 is 23.3 Å². The molecule has 0 aromatic carbocycles. The second-order valence-electron chi connectivity index (χ2n) is 7.68. The fourth-order valence-electron chi connectivity index (χ4n) is 4.85. The van der Waals surface area contributed by atoms with Gasteiger partial charge in [0, 0.05) is 31.9 Å². The molecule has 1 saturated carbocycles. The maximum atomic E-state index is 13.3. The van der Waals surface area contributed by atoms with E-state index in [4.69, 9.17) is 11.6 Å². The van der Waals surface area contributed by atoms with Gasteiger partial charge in [0.1, 0.15) is 5.82 Å². The Morgan fingerprint density at radius 3 is 2.67 bits per heavy atom. The summed E-state index contributed by atoms with van der Waals surface area (Å²) in [6.45, 7) is 2.74. The van der Waals surface area contributed by atoms with Gasteiger partial charge in [-0.05, 0) is 44.2 Å². The number of pyridine rings is 1. The molecule has 5 heteroatoms.